The normalized spacial score (nSPS) is 21.3. The Morgan fingerprint density at radius 2 is 2.12 bits per heavy atom. The summed E-state index contributed by atoms with van der Waals surface area (Å²) < 4.78 is 9.45. The van der Waals surface area contributed by atoms with Gasteiger partial charge in [0.1, 0.15) is 6.04 Å². The molecule has 0 heterocycles. The number of nitrogens with one attached hydrogen (secondary N) is 2. The van der Waals surface area contributed by atoms with Gasteiger partial charge in [0.05, 0.1) is 19.4 Å². The Kier molecular flexibility index (Phi) is 7.60. The lowest BCUT2D eigenvalue weighted by Crippen LogP contribution is -2.46. The van der Waals surface area contributed by atoms with Gasteiger partial charge in [0.25, 0.3) is 0 Å². The molecule has 0 radical (unpaired) electrons. The van der Waals surface area contributed by atoms with Gasteiger partial charge in [-0.3, -0.25) is 0 Å². The Balaban J connectivity index is 2.96. The van der Waals surface area contributed by atoms with Crippen LogP contribution in [-0.2, 0) is 14.3 Å². The highest BCUT2D eigenvalue weighted by Gasteiger charge is 2.29. The first kappa shape index (κ1) is 19.3. The maximum atomic E-state index is 12.2. The molecule has 0 bridgehead atoms. The van der Waals surface area contributed by atoms with E-state index in [-0.39, 0.29) is 18.2 Å². The average molecular weight is 338 g/mol. The van der Waals surface area contributed by atoms with Crippen molar-refractivity contribution in [2.45, 2.75) is 32.9 Å². The third-order valence-corrected chi connectivity index (χ3v) is 3.47. The molecule has 0 saturated heterocycles. The van der Waals surface area contributed by atoms with Gasteiger partial charge < -0.3 is 14.8 Å². The summed E-state index contributed by atoms with van der Waals surface area (Å²) in [4.78, 5) is 34.2. The number of hydrogen-bond acceptors (Lipinski definition) is 8. The van der Waals surface area contributed by atoms with E-state index in [1.54, 1.807) is 32.1 Å². The molecule has 24 heavy (non-hydrogen) atoms. The Morgan fingerprint density at radius 3 is 2.71 bits per heavy atom. The van der Waals surface area contributed by atoms with Gasteiger partial charge in [0, 0.05) is 11.6 Å². The largest absolute Gasteiger partial charge is 0.464 e. The number of nitroso groups, excluding NO2 is 1. The maximum Gasteiger partial charge on any atom is 0.427 e. The van der Waals surface area contributed by atoms with Crippen LogP contribution in [0.4, 0.5) is 4.79 Å². The van der Waals surface area contributed by atoms with E-state index in [0.717, 1.165) is 0 Å². The first-order chi connectivity index (χ1) is 11.4. The summed E-state index contributed by atoms with van der Waals surface area (Å²) in [6.45, 7) is 5.26. The minimum Gasteiger partial charge on any atom is -0.464 e. The van der Waals surface area contributed by atoms with Crippen LogP contribution in [0.2, 0.25) is 0 Å². The smallest absolute Gasteiger partial charge is 0.427 e. The zero-order chi connectivity index (χ0) is 18.1. The minimum atomic E-state index is -0.922. The van der Waals surface area contributed by atoms with Crippen LogP contribution >= 0.6 is 0 Å². The molecule has 2 N–H and O–H groups in total. The van der Waals surface area contributed by atoms with Crippen LogP contribution in [0.5, 0.6) is 0 Å². The van der Waals surface area contributed by atoms with Gasteiger partial charge >= 0.3 is 12.1 Å². The summed E-state index contributed by atoms with van der Waals surface area (Å²) in [7, 11) is 1.20. The molecule has 0 aromatic heterocycles. The topological polar surface area (TPSA) is 118 Å². The highest BCUT2D eigenvalue weighted by molar-refractivity contribution is 6.05. The molecule has 132 valence electrons. The van der Waals surface area contributed by atoms with E-state index in [2.05, 4.69) is 25.8 Å². The van der Waals surface area contributed by atoms with Gasteiger partial charge in [0.2, 0.25) is 0 Å². The monoisotopic (exact) mass is 338 g/mol. The molecule has 1 amide bonds. The first-order valence-electron chi connectivity index (χ1n) is 7.46. The summed E-state index contributed by atoms with van der Waals surface area (Å²) in [5.74, 6) is -0.783. The molecule has 9 nitrogen and oxygen atoms in total. The predicted octanol–water partition coefficient (Wildman–Crippen LogP) is 1.46. The molecule has 0 aliphatic heterocycles. The molecule has 0 aromatic rings. The number of hydrogen-bond donors (Lipinski definition) is 2. The Hall–Kier alpha value is -2.71. The van der Waals surface area contributed by atoms with E-state index in [1.165, 1.54) is 7.11 Å². The van der Waals surface area contributed by atoms with E-state index in [9.17, 15) is 14.5 Å². The van der Waals surface area contributed by atoms with Crippen LogP contribution in [-0.4, -0.2) is 43.6 Å². The van der Waals surface area contributed by atoms with Crippen molar-refractivity contribution < 1.29 is 19.1 Å². The van der Waals surface area contributed by atoms with Crippen molar-refractivity contribution in [1.82, 2.24) is 10.7 Å². The third-order valence-electron chi connectivity index (χ3n) is 3.47. The molecule has 1 aliphatic carbocycles. The Morgan fingerprint density at radius 1 is 1.42 bits per heavy atom. The van der Waals surface area contributed by atoms with Crippen molar-refractivity contribution in [2.75, 3.05) is 13.7 Å². The first-order valence-corrected chi connectivity index (χ1v) is 7.46. The van der Waals surface area contributed by atoms with E-state index >= 15 is 0 Å². The summed E-state index contributed by atoms with van der Waals surface area (Å²) in [6, 6.07) is -1.44. The molecule has 0 aromatic carbocycles. The standard InChI is InChI=1S/C15H22N4O5/c1-5-24-14(20)13(10(3)17-18-15(21)23-4)16-11-7-6-8-12(19-22)9(11)2/h6-9,12-13,16H,5H2,1-4H3,(H,18,21)/b17-10+. The minimum absolute atomic E-state index is 0.196. The summed E-state index contributed by atoms with van der Waals surface area (Å²) in [5, 5.41) is 9.88. The Bertz CT molecular complexity index is 570. The van der Waals surface area contributed by atoms with Crippen molar-refractivity contribution in [3.63, 3.8) is 0 Å². The van der Waals surface area contributed by atoms with Crippen LogP contribution in [0.25, 0.3) is 0 Å². The van der Waals surface area contributed by atoms with Gasteiger partial charge in [-0.15, -0.1) is 0 Å². The lowest BCUT2D eigenvalue weighted by atomic mass is 9.93. The number of allylic oxidation sites excluding steroid dienone is 2. The molecular weight excluding hydrogens is 316 g/mol. The lowest BCUT2D eigenvalue weighted by molar-refractivity contribution is -0.143. The zero-order valence-corrected chi connectivity index (χ0v) is 14.1. The number of hydrazone groups is 1. The predicted molar refractivity (Wildman–Crippen MR) is 88.2 cm³/mol. The van der Waals surface area contributed by atoms with Crippen LogP contribution in [0, 0.1) is 10.8 Å². The molecule has 3 atom stereocenters. The van der Waals surface area contributed by atoms with E-state index in [4.69, 9.17) is 4.74 Å². The van der Waals surface area contributed by atoms with Gasteiger partial charge in [0.15, 0.2) is 6.04 Å². The fraction of sp³-hybridized carbons (Fsp3) is 0.533. The Labute approximate surface area is 140 Å². The van der Waals surface area contributed by atoms with Crippen molar-refractivity contribution in [2.24, 2.45) is 16.2 Å². The van der Waals surface area contributed by atoms with Crippen molar-refractivity contribution in [3.8, 4) is 0 Å². The molecule has 9 heteroatoms. The van der Waals surface area contributed by atoms with E-state index < -0.39 is 24.1 Å². The van der Waals surface area contributed by atoms with Crippen LogP contribution < -0.4 is 10.7 Å². The molecule has 0 spiro atoms. The van der Waals surface area contributed by atoms with Gasteiger partial charge in [-0.05, 0) is 19.9 Å². The van der Waals surface area contributed by atoms with Gasteiger partial charge in [-0.2, -0.15) is 10.0 Å². The molecule has 3 unspecified atom stereocenters. The highest BCUT2D eigenvalue weighted by atomic mass is 16.5. The molecule has 0 fully saturated rings. The number of carbonyl (C=O) groups is 2. The molecule has 1 aliphatic rings. The van der Waals surface area contributed by atoms with Gasteiger partial charge in [-0.25, -0.2) is 15.0 Å². The van der Waals surface area contributed by atoms with Crippen molar-refractivity contribution in [1.29, 1.82) is 0 Å². The SMILES string of the molecule is CCOC(=O)C(NC1=CC=CC(N=O)C1C)/C(C)=N/NC(=O)OC. The van der Waals surface area contributed by atoms with E-state index in [1.807, 2.05) is 6.92 Å². The van der Waals surface area contributed by atoms with Gasteiger partial charge in [-0.1, -0.05) is 24.3 Å². The second-order valence-electron chi connectivity index (χ2n) is 5.08. The number of nitrogens with zero attached hydrogens (tertiary/aromatic N) is 2. The average Bonchev–Trinajstić information content (AvgIpc) is 2.58. The number of carbonyl (C=O) groups excluding carboxylic acids is 2. The van der Waals surface area contributed by atoms with Crippen LogP contribution in [0.1, 0.15) is 20.8 Å². The lowest BCUT2D eigenvalue weighted by Gasteiger charge is -2.26. The van der Waals surface area contributed by atoms with E-state index in [0.29, 0.717) is 5.70 Å². The quantitative estimate of drug-likeness (QED) is 0.314. The second kappa shape index (κ2) is 9.43. The fourth-order valence-corrected chi connectivity index (χ4v) is 2.05. The van der Waals surface area contributed by atoms with Crippen LogP contribution in [0.15, 0.2) is 34.2 Å². The zero-order valence-electron chi connectivity index (χ0n) is 14.1. The van der Waals surface area contributed by atoms with Crippen molar-refractivity contribution in [3.05, 3.63) is 28.8 Å². The fourth-order valence-electron chi connectivity index (χ4n) is 2.05. The summed E-state index contributed by atoms with van der Waals surface area (Å²) in [5.41, 5.74) is 3.08. The highest BCUT2D eigenvalue weighted by Crippen LogP contribution is 2.21. The van der Waals surface area contributed by atoms with Crippen LogP contribution in [0.3, 0.4) is 0 Å². The number of esters is 1. The number of rotatable bonds is 7. The third kappa shape index (κ3) is 5.18. The second-order valence-corrected chi connectivity index (χ2v) is 5.08. The molecule has 0 saturated carbocycles. The summed E-state index contributed by atoms with van der Waals surface area (Å²) >= 11 is 0. The number of methoxy groups -OCH3 is 1. The van der Waals surface area contributed by atoms with Crippen molar-refractivity contribution >= 4 is 17.8 Å². The molecular formula is C15H22N4O5. The number of amides is 1. The maximum absolute atomic E-state index is 12.2. The molecule has 1 rings (SSSR count). The number of ether oxygens (including phenoxy) is 2. The summed E-state index contributed by atoms with van der Waals surface area (Å²) in [6.07, 6.45) is 4.37.